The molecule has 4 heterocycles. The second kappa shape index (κ2) is 5.33. The summed E-state index contributed by atoms with van der Waals surface area (Å²) in [4.78, 5) is 16.6. The number of rotatable bonds is 2. The lowest BCUT2D eigenvalue weighted by atomic mass is 10.0. The molecule has 0 saturated carbocycles. The lowest BCUT2D eigenvalue weighted by molar-refractivity contribution is 0.0772. The molecule has 4 rings (SSSR count). The highest BCUT2D eigenvalue weighted by Gasteiger charge is 2.42. The van der Waals surface area contributed by atoms with Gasteiger partial charge in [0, 0.05) is 44.1 Å². The number of hydrogen-bond donors (Lipinski definition) is 0. The van der Waals surface area contributed by atoms with E-state index in [9.17, 15) is 4.79 Å². The second-order valence-corrected chi connectivity index (χ2v) is 6.49. The van der Waals surface area contributed by atoms with Gasteiger partial charge in [-0.3, -0.25) is 4.79 Å². The smallest absolute Gasteiger partial charge is 0.276 e. The molecule has 7 heteroatoms. The first-order valence-corrected chi connectivity index (χ1v) is 7.88. The molecule has 23 heavy (non-hydrogen) atoms. The number of aromatic nitrogens is 3. The van der Waals surface area contributed by atoms with Crippen molar-refractivity contribution in [1.82, 2.24) is 20.3 Å². The number of likely N-dealkylation sites (tertiary alicyclic amines) is 1. The van der Waals surface area contributed by atoms with Gasteiger partial charge in [0.1, 0.15) is 5.76 Å². The number of hydrogen-bond acceptors (Lipinski definition) is 6. The molecule has 2 fully saturated rings. The van der Waals surface area contributed by atoms with Crippen LogP contribution in [0.2, 0.25) is 0 Å². The van der Waals surface area contributed by atoms with Gasteiger partial charge < -0.3 is 14.3 Å². The predicted molar refractivity (Wildman–Crippen MR) is 83.1 cm³/mol. The van der Waals surface area contributed by atoms with Crippen molar-refractivity contribution in [2.45, 2.75) is 13.8 Å². The van der Waals surface area contributed by atoms with Crippen molar-refractivity contribution < 1.29 is 9.32 Å². The molecule has 2 aromatic heterocycles. The van der Waals surface area contributed by atoms with E-state index in [1.165, 1.54) is 0 Å². The fourth-order valence-electron chi connectivity index (χ4n) is 3.54. The number of amides is 1. The molecular formula is C16H19N5O2. The van der Waals surface area contributed by atoms with Crippen molar-refractivity contribution in [2.75, 3.05) is 31.1 Å². The number of carbonyl (C=O) groups is 1. The van der Waals surface area contributed by atoms with E-state index in [0.29, 0.717) is 23.3 Å². The Kier molecular flexibility index (Phi) is 3.28. The third-order valence-electron chi connectivity index (χ3n) is 4.73. The highest BCUT2D eigenvalue weighted by atomic mass is 16.5. The number of anilines is 1. The Balaban J connectivity index is 1.42. The van der Waals surface area contributed by atoms with Gasteiger partial charge in [0.2, 0.25) is 0 Å². The lowest BCUT2D eigenvalue weighted by Crippen LogP contribution is -2.33. The van der Waals surface area contributed by atoms with E-state index in [4.69, 9.17) is 4.52 Å². The van der Waals surface area contributed by atoms with Gasteiger partial charge in [0.15, 0.2) is 11.5 Å². The molecule has 0 N–H and O–H groups in total. The van der Waals surface area contributed by atoms with Gasteiger partial charge in [-0.1, -0.05) is 5.16 Å². The predicted octanol–water partition coefficient (Wildman–Crippen LogP) is 1.29. The molecule has 7 nitrogen and oxygen atoms in total. The summed E-state index contributed by atoms with van der Waals surface area (Å²) < 4.78 is 5.00. The summed E-state index contributed by atoms with van der Waals surface area (Å²) >= 11 is 0. The van der Waals surface area contributed by atoms with Crippen molar-refractivity contribution in [3.63, 3.8) is 0 Å². The zero-order chi connectivity index (χ0) is 16.0. The summed E-state index contributed by atoms with van der Waals surface area (Å²) in [5.41, 5.74) is 1.33. The van der Waals surface area contributed by atoms with Crippen LogP contribution in [0.1, 0.15) is 21.9 Å². The lowest BCUT2D eigenvalue weighted by Gasteiger charge is -2.21. The van der Waals surface area contributed by atoms with Gasteiger partial charge in [-0.25, -0.2) is 0 Å². The van der Waals surface area contributed by atoms with Crippen LogP contribution in [0.25, 0.3) is 0 Å². The molecule has 0 aromatic carbocycles. The van der Waals surface area contributed by atoms with Crippen LogP contribution in [0.4, 0.5) is 5.82 Å². The number of fused-ring (bicyclic) bond motifs is 1. The van der Waals surface area contributed by atoms with Crippen LogP contribution in [0.5, 0.6) is 0 Å². The molecule has 2 saturated heterocycles. The molecule has 120 valence electrons. The molecule has 1 amide bonds. The van der Waals surface area contributed by atoms with Crippen molar-refractivity contribution in [3.8, 4) is 0 Å². The van der Waals surface area contributed by atoms with Gasteiger partial charge in [-0.05, 0) is 26.0 Å². The van der Waals surface area contributed by atoms with Crippen molar-refractivity contribution in [2.24, 2.45) is 11.8 Å². The van der Waals surface area contributed by atoms with Gasteiger partial charge >= 0.3 is 0 Å². The average Bonchev–Trinajstić information content (AvgIpc) is 3.21. The monoisotopic (exact) mass is 313 g/mol. The van der Waals surface area contributed by atoms with Gasteiger partial charge in [0.25, 0.3) is 5.91 Å². The fraction of sp³-hybridized carbons (Fsp3) is 0.500. The maximum Gasteiger partial charge on any atom is 0.276 e. The molecule has 2 aliphatic heterocycles. The van der Waals surface area contributed by atoms with Crippen molar-refractivity contribution in [1.29, 1.82) is 0 Å². The van der Waals surface area contributed by atoms with Crippen molar-refractivity contribution in [3.05, 3.63) is 35.3 Å². The minimum Gasteiger partial charge on any atom is -0.361 e. The summed E-state index contributed by atoms with van der Waals surface area (Å²) in [5, 5.41) is 12.2. The molecule has 0 aliphatic carbocycles. The first kappa shape index (κ1) is 14.2. The minimum absolute atomic E-state index is 0.0297. The third kappa shape index (κ3) is 2.56. The topological polar surface area (TPSA) is 75.4 Å². The third-order valence-corrected chi connectivity index (χ3v) is 4.73. The van der Waals surface area contributed by atoms with E-state index >= 15 is 0 Å². The Hall–Kier alpha value is -2.44. The molecule has 2 aromatic rings. The van der Waals surface area contributed by atoms with Crippen LogP contribution in [0.15, 0.2) is 22.7 Å². The highest BCUT2D eigenvalue weighted by molar-refractivity contribution is 5.92. The Morgan fingerprint density at radius 1 is 1.13 bits per heavy atom. The minimum atomic E-state index is -0.0297. The molecule has 0 bridgehead atoms. The average molecular weight is 313 g/mol. The summed E-state index contributed by atoms with van der Waals surface area (Å²) in [7, 11) is 0. The Bertz CT molecular complexity index is 712. The molecular weight excluding hydrogens is 294 g/mol. The summed E-state index contributed by atoms with van der Waals surface area (Å²) in [6, 6.07) is 5.70. The molecule has 2 atom stereocenters. The van der Waals surface area contributed by atoms with E-state index in [0.717, 1.165) is 37.7 Å². The first-order chi connectivity index (χ1) is 11.1. The van der Waals surface area contributed by atoms with Gasteiger partial charge in [0.05, 0.1) is 5.69 Å². The zero-order valence-corrected chi connectivity index (χ0v) is 13.3. The fourth-order valence-corrected chi connectivity index (χ4v) is 3.54. The second-order valence-electron chi connectivity index (χ2n) is 6.49. The van der Waals surface area contributed by atoms with Crippen LogP contribution in [-0.4, -0.2) is 52.3 Å². The molecule has 2 aliphatic rings. The summed E-state index contributed by atoms with van der Waals surface area (Å²) in [6.45, 7) is 7.11. The van der Waals surface area contributed by atoms with Crippen LogP contribution < -0.4 is 4.90 Å². The van der Waals surface area contributed by atoms with E-state index in [-0.39, 0.29) is 5.91 Å². The van der Waals surface area contributed by atoms with E-state index in [1.54, 1.807) is 13.0 Å². The largest absolute Gasteiger partial charge is 0.361 e. The number of nitrogens with zero attached hydrogens (tertiary/aromatic N) is 5. The summed E-state index contributed by atoms with van der Waals surface area (Å²) in [6.07, 6.45) is 0. The van der Waals surface area contributed by atoms with Crippen LogP contribution in [-0.2, 0) is 0 Å². The van der Waals surface area contributed by atoms with E-state index < -0.39 is 0 Å². The first-order valence-electron chi connectivity index (χ1n) is 7.88. The van der Waals surface area contributed by atoms with Gasteiger partial charge in [-0.15, -0.1) is 5.10 Å². The van der Waals surface area contributed by atoms with E-state index in [1.807, 2.05) is 24.0 Å². The zero-order valence-electron chi connectivity index (χ0n) is 13.3. The molecule has 0 spiro atoms. The Labute approximate surface area is 134 Å². The van der Waals surface area contributed by atoms with Crippen molar-refractivity contribution >= 4 is 11.7 Å². The molecule has 2 unspecified atom stereocenters. The SMILES string of the molecule is Cc1ccc(N2CC3CN(C(=O)c4cc(C)on4)CC3C2)nn1. The van der Waals surface area contributed by atoms with E-state index in [2.05, 4.69) is 20.3 Å². The molecule has 0 radical (unpaired) electrons. The number of carbonyl (C=O) groups excluding carboxylic acids is 1. The highest BCUT2D eigenvalue weighted by Crippen LogP contribution is 2.33. The standard InChI is InChI=1S/C16H19N5O2/c1-10-3-4-15(18-17-10)20-6-12-8-21(9-13(12)7-20)16(22)14-5-11(2)23-19-14/h3-5,12-13H,6-9H2,1-2H3. The normalized spacial score (nSPS) is 23.4. The van der Waals surface area contributed by atoms with Gasteiger partial charge in [-0.2, -0.15) is 5.10 Å². The van der Waals surface area contributed by atoms with Crippen LogP contribution in [0.3, 0.4) is 0 Å². The summed E-state index contributed by atoms with van der Waals surface area (Å²) in [5.74, 6) is 2.52. The maximum atomic E-state index is 12.4. The quantitative estimate of drug-likeness (QED) is 0.831. The maximum absolute atomic E-state index is 12.4. The Morgan fingerprint density at radius 2 is 1.87 bits per heavy atom. The Morgan fingerprint density at radius 3 is 2.43 bits per heavy atom. The van der Waals surface area contributed by atoms with Crippen LogP contribution in [0, 0.1) is 25.7 Å². The van der Waals surface area contributed by atoms with Crippen LogP contribution >= 0.6 is 0 Å². The number of aryl methyl sites for hydroxylation is 2.